The highest BCUT2D eigenvalue weighted by Crippen LogP contribution is 2.21. The van der Waals surface area contributed by atoms with Crippen LogP contribution in [0, 0.1) is 0 Å². The van der Waals surface area contributed by atoms with E-state index >= 15 is 0 Å². The second-order valence-electron chi connectivity index (χ2n) is 5.88. The van der Waals surface area contributed by atoms with Gasteiger partial charge in [0.05, 0.1) is 22.6 Å². The number of hydrogen-bond donors (Lipinski definition) is 2. The normalized spacial score (nSPS) is 13.7. The molecule has 0 spiro atoms. The number of hydrazone groups is 1. The largest absolute Gasteiger partial charge is 0.326 e. The third-order valence-electron chi connectivity index (χ3n) is 3.89. The predicted octanol–water partition coefficient (Wildman–Crippen LogP) is 1.21. The van der Waals surface area contributed by atoms with Crippen molar-refractivity contribution in [3.05, 3.63) is 59.7 Å². The molecule has 0 saturated carbocycles. The van der Waals surface area contributed by atoms with Crippen molar-refractivity contribution in [2.75, 3.05) is 11.9 Å². The highest BCUT2D eigenvalue weighted by Gasteiger charge is 2.34. The molecule has 144 valence electrons. The second-order valence-corrected chi connectivity index (χ2v) is 7.54. The maximum Gasteiger partial charge on any atom is 0.276 e. The molecule has 0 saturated heterocycles. The van der Waals surface area contributed by atoms with E-state index in [1.54, 1.807) is 24.3 Å². The van der Waals surface area contributed by atoms with E-state index in [0.29, 0.717) is 16.8 Å². The SMILES string of the molecule is CC(=O)Nc1ccc(S(=O)(=O)NN=CCN2C(=O)c3ccccc3C2=O)cc1. The highest BCUT2D eigenvalue weighted by molar-refractivity contribution is 7.89. The zero-order chi connectivity index (χ0) is 20.3. The Kier molecular flexibility index (Phi) is 5.23. The average molecular weight is 400 g/mol. The summed E-state index contributed by atoms with van der Waals surface area (Å²) in [5.74, 6) is -1.18. The van der Waals surface area contributed by atoms with Crippen LogP contribution in [-0.4, -0.2) is 43.8 Å². The standard InChI is InChI=1S/C18H16N4O5S/c1-12(23)20-13-6-8-14(9-7-13)28(26,27)21-19-10-11-22-17(24)15-4-2-3-5-16(15)18(22)25/h2-10,21H,11H2,1H3,(H,20,23). The van der Waals surface area contributed by atoms with Crippen LogP contribution in [0.3, 0.4) is 0 Å². The first-order valence-corrected chi connectivity index (χ1v) is 9.64. The Labute approximate surface area is 161 Å². The van der Waals surface area contributed by atoms with Crippen LogP contribution < -0.4 is 10.1 Å². The van der Waals surface area contributed by atoms with Crippen molar-refractivity contribution in [1.29, 1.82) is 0 Å². The smallest absolute Gasteiger partial charge is 0.276 e. The Bertz CT molecular complexity index is 1040. The summed E-state index contributed by atoms with van der Waals surface area (Å²) >= 11 is 0. The lowest BCUT2D eigenvalue weighted by atomic mass is 10.1. The summed E-state index contributed by atoms with van der Waals surface area (Å²) in [6.07, 6.45) is 1.13. The summed E-state index contributed by atoms with van der Waals surface area (Å²) in [6, 6.07) is 11.9. The molecule has 0 aromatic heterocycles. The van der Waals surface area contributed by atoms with Crippen LogP contribution in [0.25, 0.3) is 0 Å². The fourth-order valence-corrected chi connectivity index (χ4v) is 3.42. The molecule has 0 fully saturated rings. The molecule has 1 aliphatic heterocycles. The van der Waals surface area contributed by atoms with Crippen LogP contribution in [0.2, 0.25) is 0 Å². The third-order valence-corrected chi connectivity index (χ3v) is 5.13. The van der Waals surface area contributed by atoms with Gasteiger partial charge in [0.25, 0.3) is 21.8 Å². The molecule has 9 nitrogen and oxygen atoms in total. The number of rotatable bonds is 6. The summed E-state index contributed by atoms with van der Waals surface area (Å²) in [7, 11) is -3.93. The lowest BCUT2D eigenvalue weighted by molar-refractivity contribution is -0.114. The van der Waals surface area contributed by atoms with Crippen molar-refractivity contribution in [2.45, 2.75) is 11.8 Å². The quantitative estimate of drug-likeness (QED) is 0.428. The number of carbonyl (C=O) groups is 3. The first-order chi connectivity index (χ1) is 13.3. The van der Waals surface area contributed by atoms with E-state index in [2.05, 4.69) is 10.4 Å². The fourth-order valence-electron chi connectivity index (χ4n) is 2.61. The summed E-state index contributed by atoms with van der Waals surface area (Å²) in [5, 5.41) is 6.14. The number of sulfonamides is 1. The molecule has 2 N–H and O–H groups in total. The van der Waals surface area contributed by atoms with Crippen molar-refractivity contribution in [3.63, 3.8) is 0 Å². The highest BCUT2D eigenvalue weighted by atomic mass is 32.2. The number of carbonyl (C=O) groups excluding carboxylic acids is 3. The van der Waals surface area contributed by atoms with Gasteiger partial charge in [-0.3, -0.25) is 19.3 Å². The number of benzene rings is 2. The van der Waals surface area contributed by atoms with Gasteiger partial charge in [0, 0.05) is 18.8 Å². The molecule has 3 amide bonds. The van der Waals surface area contributed by atoms with E-state index in [1.807, 2.05) is 4.83 Å². The number of anilines is 1. The van der Waals surface area contributed by atoms with Crippen LogP contribution in [-0.2, 0) is 14.8 Å². The maximum absolute atomic E-state index is 12.2. The van der Waals surface area contributed by atoms with E-state index in [0.717, 1.165) is 11.1 Å². The monoisotopic (exact) mass is 400 g/mol. The van der Waals surface area contributed by atoms with Gasteiger partial charge in [-0.15, -0.1) is 0 Å². The summed E-state index contributed by atoms with van der Waals surface area (Å²) in [5.41, 5.74) is 1.07. The number of nitrogens with zero attached hydrogens (tertiary/aromatic N) is 2. The molecular formula is C18H16N4O5S. The summed E-state index contributed by atoms with van der Waals surface area (Å²) in [6.45, 7) is 1.17. The Morgan fingerprint density at radius 1 is 1.04 bits per heavy atom. The molecule has 1 aliphatic rings. The number of imide groups is 1. The molecular weight excluding hydrogens is 384 g/mol. The Balaban J connectivity index is 1.62. The zero-order valence-corrected chi connectivity index (χ0v) is 15.6. The number of fused-ring (bicyclic) bond motifs is 1. The predicted molar refractivity (Wildman–Crippen MR) is 101 cm³/mol. The molecule has 0 atom stereocenters. The van der Waals surface area contributed by atoms with Crippen molar-refractivity contribution >= 4 is 39.6 Å². The summed E-state index contributed by atoms with van der Waals surface area (Å²) in [4.78, 5) is 38.3. The van der Waals surface area contributed by atoms with Crippen molar-refractivity contribution in [3.8, 4) is 0 Å². The molecule has 0 unspecified atom stereocenters. The molecule has 0 bridgehead atoms. The van der Waals surface area contributed by atoms with E-state index in [4.69, 9.17) is 0 Å². The number of hydrogen-bond acceptors (Lipinski definition) is 6. The molecule has 0 aliphatic carbocycles. The van der Waals surface area contributed by atoms with Gasteiger partial charge < -0.3 is 5.32 Å². The molecule has 1 heterocycles. The minimum atomic E-state index is -3.93. The average Bonchev–Trinajstić information content (AvgIpc) is 2.90. The topological polar surface area (TPSA) is 125 Å². The van der Waals surface area contributed by atoms with E-state index < -0.39 is 21.8 Å². The zero-order valence-electron chi connectivity index (χ0n) is 14.7. The van der Waals surface area contributed by atoms with Gasteiger partial charge in [-0.2, -0.15) is 13.5 Å². The second kappa shape index (κ2) is 7.61. The Morgan fingerprint density at radius 2 is 1.61 bits per heavy atom. The number of nitrogens with one attached hydrogen (secondary N) is 2. The van der Waals surface area contributed by atoms with E-state index in [9.17, 15) is 22.8 Å². The molecule has 2 aromatic rings. The molecule has 2 aromatic carbocycles. The van der Waals surface area contributed by atoms with Crippen molar-refractivity contribution in [2.24, 2.45) is 5.10 Å². The summed E-state index contributed by atoms with van der Waals surface area (Å²) < 4.78 is 24.4. The fraction of sp³-hybridized carbons (Fsp3) is 0.111. The molecule has 0 radical (unpaired) electrons. The first-order valence-electron chi connectivity index (χ1n) is 8.16. The Hall–Kier alpha value is -3.53. The van der Waals surface area contributed by atoms with Gasteiger partial charge in [0.15, 0.2) is 0 Å². The molecule has 28 heavy (non-hydrogen) atoms. The van der Waals surface area contributed by atoms with Gasteiger partial charge in [-0.05, 0) is 36.4 Å². The van der Waals surface area contributed by atoms with Crippen LogP contribution in [0.5, 0.6) is 0 Å². The van der Waals surface area contributed by atoms with Crippen molar-refractivity contribution < 1.29 is 22.8 Å². The van der Waals surface area contributed by atoms with Crippen LogP contribution in [0.4, 0.5) is 5.69 Å². The minimum absolute atomic E-state index is 0.0560. The van der Waals surface area contributed by atoms with Gasteiger partial charge >= 0.3 is 0 Å². The van der Waals surface area contributed by atoms with E-state index in [-0.39, 0.29) is 17.3 Å². The maximum atomic E-state index is 12.2. The molecule has 10 heteroatoms. The lowest BCUT2D eigenvalue weighted by Crippen LogP contribution is -2.32. The van der Waals surface area contributed by atoms with Crippen LogP contribution in [0.1, 0.15) is 27.6 Å². The third kappa shape index (κ3) is 3.91. The number of amides is 3. The van der Waals surface area contributed by atoms with Gasteiger partial charge in [-0.25, -0.2) is 4.83 Å². The Morgan fingerprint density at radius 3 is 2.14 bits per heavy atom. The van der Waals surface area contributed by atoms with Crippen LogP contribution in [0.15, 0.2) is 58.5 Å². The first kappa shape index (κ1) is 19.2. The van der Waals surface area contributed by atoms with Crippen molar-refractivity contribution in [1.82, 2.24) is 9.73 Å². The lowest BCUT2D eigenvalue weighted by Gasteiger charge is -2.10. The van der Waals surface area contributed by atoms with Gasteiger partial charge in [0.1, 0.15) is 0 Å². The minimum Gasteiger partial charge on any atom is -0.326 e. The van der Waals surface area contributed by atoms with Gasteiger partial charge in [-0.1, -0.05) is 12.1 Å². The van der Waals surface area contributed by atoms with E-state index in [1.165, 1.54) is 31.2 Å². The van der Waals surface area contributed by atoms with Crippen LogP contribution >= 0.6 is 0 Å². The van der Waals surface area contributed by atoms with Gasteiger partial charge in [0.2, 0.25) is 5.91 Å². The molecule has 3 rings (SSSR count).